The van der Waals surface area contributed by atoms with E-state index in [-0.39, 0.29) is 11.9 Å². The minimum Gasteiger partial charge on any atom is -0.491 e. The van der Waals surface area contributed by atoms with Crippen LogP contribution in [0.1, 0.15) is 38.8 Å². The average Bonchev–Trinajstić information content (AvgIpc) is 2.52. The lowest BCUT2D eigenvalue weighted by Gasteiger charge is -2.24. The monoisotopic (exact) mass is 396 g/mol. The van der Waals surface area contributed by atoms with E-state index in [1.54, 1.807) is 20.8 Å². The maximum Gasteiger partial charge on any atom is 0.408 e. The Kier molecular flexibility index (Phi) is 8.96. The van der Waals surface area contributed by atoms with Gasteiger partial charge in [0.1, 0.15) is 24.0 Å². The molecule has 0 saturated carbocycles. The molecular weight excluding hydrogens is 364 g/mol. The second-order valence-corrected chi connectivity index (χ2v) is 8.51. The average molecular weight is 397 g/mol. The van der Waals surface area contributed by atoms with Crippen LogP contribution in [0.15, 0.2) is 18.2 Å². The third-order valence-electron chi connectivity index (χ3n) is 3.62. The van der Waals surface area contributed by atoms with Crippen LogP contribution in [-0.4, -0.2) is 48.3 Å². The predicted octanol–water partition coefficient (Wildman–Crippen LogP) is 3.44. The number of nitrogens with one attached hydrogen (secondary N) is 2. The Morgan fingerprint density at radius 2 is 1.74 bits per heavy atom. The number of thioether (sulfide) groups is 1. The van der Waals surface area contributed by atoms with Crippen molar-refractivity contribution < 1.29 is 19.1 Å². The summed E-state index contributed by atoms with van der Waals surface area (Å²) in [4.78, 5) is 24.5. The summed E-state index contributed by atoms with van der Waals surface area (Å²) < 4.78 is 11.1. The van der Waals surface area contributed by atoms with E-state index in [1.165, 1.54) is 11.8 Å². The Hall–Kier alpha value is -1.89. The molecule has 1 rings (SSSR count). The number of aryl methyl sites for hydroxylation is 2. The second-order valence-electron chi connectivity index (χ2n) is 7.60. The standard InChI is InChI=1S/C20H32N2O4S/c1-13-9-8-10-14(2)17(13)25-11-15(3)21-18(23)16(12-27-7)22-19(24)26-20(4,5)6/h8-10,15-16H,11-12H2,1-7H3,(H,21,23)(H,22,24)/t15?,16-/m0/s1. The Bertz CT molecular complexity index is 623. The van der Waals surface area contributed by atoms with Crippen molar-refractivity contribution in [1.29, 1.82) is 0 Å². The number of hydrogen-bond donors (Lipinski definition) is 2. The van der Waals surface area contributed by atoms with Gasteiger partial charge in [-0.1, -0.05) is 18.2 Å². The number of amides is 2. The molecule has 2 atom stereocenters. The molecular formula is C20H32N2O4S. The summed E-state index contributed by atoms with van der Waals surface area (Å²) in [6.07, 6.45) is 1.28. The Balaban J connectivity index is 2.60. The highest BCUT2D eigenvalue weighted by Gasteiger charge is 2.25. The highest BCUT2D eigenvalue weighted by Crippen LogP contribution is 2.22. The molecule has 0 radical (unpaired) electrons. The van der Waals surface area contributed by atoms with Gasteiger partial charge in [-0.15, -0.1) is 0 Å². The number of ether oxygens (including phenoxy) is 2. The predicted molar refractivity (Wildman–Crippen MR) is 111 cm³/mol. The quantitative estimate of drug-likeness (QED) is 0.704. The third kappa shape index (κ3) is 8.56. The van der Waals surface area contributed by atoms with Crippen molar-refractivity contribution in [2.24, 2.45) is 0 Å². The smallest absolute Gasteiger partial charge is 0.408 e. The van der Waals surface area contributed by atoms with Crippen LogP contribution in [0.5, 0.6) is 5.75 Å². The van der Waals surface area contributed by atoms with Crippen molar-refractivity contribution in [3.05, 3.63) is 29.3 Å². The van der Waals surface area contributed by atoms with Crippen molar-refractivity contribution in [3.8, 4) is 5.75 Å². The van der Waals surface area contributed by atoms with Gasteiger partial charge in [0, 0.05) is 5.75 Å². The summed E-state index contributed by atoms with van der Waals surface area (Å²) in [5.41, 5.74) is 1.50. The van der Waals surface area contributed by atoms with E-state index in [1.807, 2.05) is 45.2 Å². The minimum atomic E-state index is -0.669. The van der Waals surface area contributed by atoms with Gasteiger partial charge in [0.2, 0.25) is 5.91 Å². The van der Waals surface area contributed by atoms with Gasteiger partial charge in [-0.05, 0) is 58.9 Å². The van der Waals surface area contributed by atoms with Crippen LogP contribution in [0.2, 0.25) is 0 Å². The molecule has 0 heterocycles. The first-order valence-corrected chi connectivity index (χ1v) is 10.4. The molecule has 0 saturated heterocycles. The summed E-state index contributed by atoms with van der Waals surface area (Å²) in [6.45, 7) is 11.5. The molecule has 1 aromatic rings. The summed E-state index contributed by atoms with van der Waals surface area (Å²) >= 11 is 1.48. The highest BCUT2D eigenvalue weighted by molar-refractivity contribution is 7.98. The number of carbonyl (C=O) groups is 2. The molecule has 0 aliphatic heterocycles. The van der Waals surface area contributed by atoms with Crippen molar-refractivity contribution >= 4 is 23.8 Å². The summed E-state index contributed by atoms with van der Waals surface area (Å²) in [6, 6.07) is 5.09. The number of benzene rings is 1. The zero-order chi connectivity index (χ0) is 20.6. The summed E-state index contributed by atoms with van der Waals surface area (Å²) in [7, 11) is 0. The first kappa shape index (κ1) is 23.1. The lowest BCUT2D eigenvalue weighted by Crippen LogP contribution is -2.52. The molecule has 0 aliphatic carbocycles. The zero-order valence-corrected chi connectivity index (χ0v) is 18.2. The van der Waals surface area contributed by atoms with Gasteiger partial charge in [0.15, 0.2) is 0 Å². The molecule has 1 unspecified atom stereocenters. The molecule has 0 fully saturated rings. The van der Waals surface area contributed by atoms with E-state index >= 15 is 0 Å². The number of carbonyl (C=O) groups excluding carboxylic acids is 2. The van der Waals surface area contributed by atoms with Gasteiger partial charge in [-0.3, -0.25) is 4.79 Å². The number of rotatable bonds is 8. The van der Waals surface area contributed by atoms with E-state index in [4.69, 9.17) is 9.47 Å². The fourth-order valence-electron chi connectivity index (χ4n) is 2.42. The maximum atomic E-state index is 12.5. The molecule has 27 heavy (non-hydrogen) atoms. The van der Waals surface area contributed by atoms with Crippen LogP contribution < -0.4 is 15.4 Å². The van der Waals surface area contributed by atoms with Crippen molar-refractivity contribution in [1.82, 2.24) is 10.6 Å². The number of para-hydroxylation sites is 1. The molecule has 152 valence electrons. The van der Waals surface area contributed by atoms with E-state index in [0.717, 1.165) is 16.9 Å². The normalized spacial score (nSPS) is 13.4. The first-order valence-electron chi connectivity index (χ1n) is 9.01. The maximum absolute atomic E-state index is 12.5. The van der Waals surface area contributed by atoms with Crippen LogP contribution in [0.25, 0.3) is 0 Å². The van der Waals surface area contributed by atoms with Crippen molar-refractivity contribution in [3.63, 3.8) is 0 Å². The molecule has 1 aromatic carbocycles. The zero-order valence-electron chi connectivity index (χ0n) is 17.3. The van der Waals surface area contributed by atoms with Crippen LogP contribution in [-0.2, 0) is 9.53 Å². The molecule has 2 N–H and O–H groups in total. The highest BCUT2D eigenvalue weighted by atomic mass is 32.2. The van der Waals surface area contributed by atoms with Crippen LogP contribution in [0, 0.1) is 13.8 Å². The molecule has 0 spiro atoms. The Labute approximate surface area is 166 Å². The third-order valence-corrected chi connectivity index (χ3v) is 4.28. The van der Waals surface area contributed by atoms with E-state index in [2.05, 4.69) is 10.6 Å². The molecule has 7 heteroatoms. The number of hydrogen-bond acceptors (Lipinski definition) is 5. The first-order chi connectivity index (χ1) is 12.5. The summed E-state index contributed by atoms with van der Waals surface area (Å²) in [5.74, 6) is 1.04. The molecule has 0 aliphatic rings. The van der Waals surface area contributed by atoms with Crippen LogP contribution in [0.4, 0.5) is 4.79 Å². The van der Waals surface area contributed by atoms with Crippen LogP contribution >= 0.6 is 11.8 Å². The Morgan fingerprint density at radius 1 is 1.15 bits per heavy atom. The van der Waals surface area contributed by atoms with Crippen molar-refractivity contribution in [2.45, 2.75) is 59.2 Å². The van der Waals surface area contributed by atoms with E-state index in [0.29, 0.717) is 12.4 Å². The molecule has 2 amide bonds. The molecule has 0 aromatic heterocycles. The topological polar surface area (TPSA) is 76.7 Å². The fourth-order valence-corrected chi connectivity index (χ4v) is 2.99. The van der Waals surface area contributed by atoms with Crippen LogP contribution in [0.3, 0.4) is 0 Å². The van der Waals surface area contributed by atoms with Gasteiger partial charge in [-0.2, -0.15) is 11.8 Å². The lowest BCUT2D eigenvalue weighted by atomic mass is 10.1. The SMILES string of the molecule is CSC[C@H](NC(=O)OC(C)(C)C)C(=O)NC(C)COc1c(C)cccc1C. The van der Waals surface area contributed by atoms with Gasteiger partial charge in [0.25, 0.3) is 0 Å². The fraction of sp³-hybridized carbons (Fsp3) is 0.600. The molecule has 0 bridgehead atoms. The second kappa shape index (κ2) is 10.4. The molecule has 6 nitrogen and oxygen atoms in total. The van der Waals surface area contributed by atoms with E-state index < -0.39 is 17.7 Å². The largest absolute Gasteiger partial charge is 0.491 e. The minimum absolute atomic E-state index is 0.207. The van der Waals surface area contributed by atoms with Gasteiger partial charge >= 0.3 is 6.09 Å². The summed E-state index contributed by atoms with van der Waals surface area (Å²) in [5, 5.41) is 5.53. The van der Waals surface area contributed by atoms with Gasteiger partial charge in [-0.25, -0.2) is 4.79 Å². The Morgan fingerprint density at radius 3 is 2.26 bits per heavy atom. The van der Waals surface area contributed by atoms with Gasteiger partial charge < -0.3 is 20.1 Å². The number of alkyl carbamates (subject to hydrolysis) is 1. The van der Waals surface area contributed by atoms with E-state index in [9.17, 15) is 9.59 Å². The van der Waals surface area contributed by atoms with Crippen molar-refractivity contribution in [2.75, 3.05) is 18.6 Å². The van der Waals surface area contributed by atoms with Gasteiger partial charge in [0.05, 0.1) is 6.04 Å². The lowest BCUT2D eigenvalue weighted by molar-refractivity contribution is -0.123.